The smallest absolute Gasteiger partial charge is 0.194 e. The van der Waals surface area contributed by atoms with Gasteiger partial charge in [-0.2, -0.15) is 0 Å². The van der Waals surface area contributed by atoms with Crippen LogP contribution in [0.1, 0.15) is 22.8 Å². The Morgan fingerprint density at radius 1 is 1.10 bits per heavy atom. The Kier molecular flexibility index (Phi) is 6.15. The number of ether oxygens (including phenoxy) is 1. The summed E-state index contributed by atoms with van der Waals surface area (Å²) in [7, 11) is 1.85. The van der Waals surface area contributed by atoms with Gasteiger partial charge in [0.15, 0.2) is 5.96 Å². The molecule has 29 heavy (non-hydrogen) atoms. The van der Waals surface area contributed by atoms with Gasteiger partial charge in [0, 0.05) is 38.9 Å². The molecular formula is C24H30N4O. The highest BCUT2D eigenvalue weighted by Crippen LogP contribution is 2.25. The monoisotopic (exact) mass is 390 g/mol. The van der Waals surface area contributed by atoms with E-state index in [4.69, 9.17) is 4.74 Å². The number of nitrogens with one attached hydrogen (secondary N) is 1. The first-order chi connectivity index (χ1) is 14.2. The third-order valence-electron chi connectivity index (χ3n) is 5.68. The minimum atomic E-state index is 0.0804. The zero-order valence-corrected chi connectivity index (χ0v) is 17.3. The van der Waals surface area contributed by atoms with Gasteiger partial charge in [-0.05, 0) is 35.7 Å². The van der Waals surface area contributed by atoms with Crippen LogP contribution in [0.4, 0.5) is 5.69 Å². The summed E-state index contributed by atoms with van der Waals surface area (Å²) in [5, 5.41) is 3.53. The standard InChI is InChI=1S/C24H30N4O/c1-19-7-3-4-8-22(19)23-18-28(15-16-29-23)24(25-2)26-17-20-9-11-21(12-10-20)27-13-5-6-14-27/h3-12,23H,13-18H2,1-2H3,(H,25,26). The van der Waals surface area contributed by atoms with Crippen molar-refractivity contribution in [1.82, 2.24) is 10.2 Å². The van der Waals surface area contributed by atoms with Crippen molar-refractivity contribution in [3.05, 3.63) is 77.4 Å². The summed E-state index contributed by atoms with van der Waals surface area (Å²) in [5.41, 5.74) is 5.07. The second-order valence-corrected chi connectivity index (χ2v) is 7.61. The lowest BCUT2D eigenvalue weighted by Gasteiger charge is -2.35. The minimum Gasteiger partial charge on any atom is -0.370 e. The summed E-state index contributed by atoms with van der Waals surface area (Å²) >= 11 is 0. The molecule has 1 saturated heterocycles. The van der Waals surface area contributed by atoms with E-state index < -0.39 is 0 Å². The molecule has 0 saturated carbocycles. The summed E-state index contributed by atoms with van der Waals surface area (Å²) in [6.07, 6.45) is 4.51. The maximum absolute atomic E-state index is 6.06. The van der Waals surface area contributed by atoms with E-state index in [0.717, 1.165) is 38.7 Å². The maximum atomic E-state index is 6.06. The summed E-state index contributed by atoms with van der Waals surface area (Å²) in [6.45, 7) is 7.28. The Hall–Kier alpha value is -2.79. The van der Waals surface area contributed by atoms with Gasteiger partial charge in [-0.3, -0.25) is 4.99 Å². The van der Waals surface area contributed by atoms with Crippen LogP contribution >= 0.6 is 0 Å². The molecule has 2 aliphatic rings. The van der Waals surface area contributed by atoms with Crippen molar-refractivity contribution >= 4 is 11.6 Å². The lowest BCUT2D eigenvalue weighted by Crippen LogP contribution is -2.48. The highest BCUT2D eigenvalue weighted by molar-refractivity contribution is 5.80. The summed E-state index contributed by atoms with van der Waals surface area (Å²) < 4.78 is 6.06. The average molecular weight is 391 g/mol. The molecule has 2 heterocycles. The highest BCUT2D eigenvalue weighted by atomic mass is 16.5. The predicted molar refractivity (Wildman–Crippen MR) is 119 cm³/mol. The van der Waals surface area contributed by atoms with Crippen LogP contribution < -0.4 is 10.2 Å². The predicted octanol–water partition coefficient (Wildman–Crippen LogP) is 3.52. The highest BCUT2D eigenvalue weighted by Gasteiger charge is 2.25. The van der Waals surface area contributed by atoms with E-state index in [2.05, 4.69) is 87.7 Å². The van der Waals surface area contributed by atoms with E-state index in [1.165, 1.54) is 22.4 Å². The van der Waals surface area contributed by atoms with E-state index >= 15 is 0 Å². The van der Waals surface area contributed by atoms with Crippen LogP contribution in [0.2, 0.25) is 0 Å². The number of hydrogen-bond acceptors (Lipinski definition) is 3. The molecule has 2 aromatic carbocycles. The van der Waals surface area contributed by atoms with Crippen molar-refractivity contribution in [2.75, 3.05) is 44.7 Å². The lowest BCUT2D eigenvalue weighted by molar-refractivity contribution is -0.00833. The van der Waals surface area contributed by atoms with E-state index in [1.807, 2.05) is 7.05 Å². The first kappa shape index (κ1) is 19.5. The fourth-order valence-corrected chi connectivity index (χ4v) is 4.00. The van der Waals surface area contributed by atoms with Crippen molar-refractivity contribution in [2.24, 2.45) is 4.99 Å². The Balaban J connectivity index is 1.36. The van der Waals surface area contributed by atoms with Crippen molar-refractivity contribution in [3.8, 4) is 0 Å². The van der Waals surface area contributed by atoms with Crippen LogP contribution in [0.5, 0.6) is 0 Å². The molecule has 5 nitrogen and oxygen atoms in total. The molecule has 4 rings (SSSR count). The third kappa shape index (κ3) is 4.62. The van der Waals surface area contributed by atoms with Gasteiger partial charge in [0.05, 0.1) is 13.2 Å². The van der Waals surface area contributed by atoms with Crippen LogP contribution in [0.3, 0.4) is 0 Å². The summed E-state index contributed by atoms with van der Waals surface area (Å²) in [5.74, 6) is 0.930. The Morgan fingerprint density at radius 3 is 2.59 bits per heavy atom. The maximum Gasteiger partial charge on any atom is 0.194 e. The molecule has 152 valence electrons. The molecule has 0 spiro atoms. The number of nitrogens with zero attached hydrogens (tertiary/aromatic N) is 3. The Labute approximate surface area is 173 Å². The molecular weight excluding hydrogens is 360 g/mol. The Bertz CT molecular complexity index is 867. The number of hydrogen-bond donors (Lipinski definition) is 1. The van der Waals surface area contributed by atoms with Crippen LogP contribution in [-0.4, -0.2) is 50.7 Å². The fourth-order valence-electron chi connectivity index (χ4n) is 4.00. The van der Waals surface area contributed by atoms with Crippen molar-refractivity contribution in [3.63, 3.8) is 0 Å². The SMILES string of the molecule is CN=C(NCc1ccc(N2CC=CC2)cc1)N1CCOC(c2ccccc2C)C1. The minimum absolute atomic E-state index is 0.0804. The first-order valence-corrected chi connectivity index (χ1v) is 10.4. The normalized spacial score (nSPS) is 19.7. The second-order valence-electron chi connectivity index (χ2n) is 7.61. The van der Waals surface area contributed by atoms with Gasteiger partial charge in [0.2, 0.25) is 0 Å². The Morgan fingerprint density at radius 2 is 1.86 bits per heavy atom. The zero-order valence-electron chi connectivity index (χ0n) is 17.3. The van der Waals surface area contributed by atoms with Crippen molar-refractivity contribution in [1.29, 1.82) is 0 Å². The van der Waals surface area contributed by atoms with Gasteiger partial charge >= 0.3 is 0 Å². The number of benzene rings is 2. The molecule has 1 atom stereocenters. The van der Waals surface area contributed by atoms with Crippen LogP contribution in [0.25, 0.3) is 0 Å². The zero-order chi connectivity index (χ0) is 20.1. The van der Waals surface area contributed by atoms with Crippen molar-refractivity contribution < 1.29 is 4.74 Å². The molecule has 0 bridgehead atoms. The quantitative estimate of drug-likeness (QED) is 0.493. The second kappa shape index (κ2) is 9.14. The van der Waals surface area contributed by atoms with Gasteiger partial charge in [-0.1, -0.05) is 48.6 Å². The number of guanidine groups is 1. The van der Waals surface area contributed by atoms with Gasteiger partial charge in [-0.25, -0.2) is 0 Å². The summed E-state index contributed by atoms with van der Waals surface area (Å²) in [6, 6.07) is 17.3. The molecule has 1 fully saturated rings. The van der Waals surface area contributed by atoms with Crippen LogP contribution in [0.15, 0.2) is 65.7 Å². The van der Waals surface area contributed by atoms with E-state index in [-0.39, 0.29) is 6.10 Å². The average Bonchev–Trinajstić information content (AvgIpc) is 3.30. The topological polar surface area (TPSA) is 40.1 Å². The van der Waals surface area contributed by atoms with E-state index in [0.29, 0.717) is 6.61 Å². The molecule has 5 heteroatoms. The first-order valence-electron chi connectivity index (χ1n) is 10.4. The molecule has 0 radical (unpaired) electrons. The van der Waals surface area contributed by atoms with Gasteiger partial charge in [-0.15, -0.1) is 0 Å². The molecule has 1 unspecified atom stereocenters. The number of anilines is 1. The van der Waals surface area contributed by atoms with E-state index in [9.17, 15) is 0 Å². The van der Waals surface area contributed by atoms with Gasteiger partial charge < -0.3 is 19.9 Å². The number of aryl methyl sites for hydroxylation is 1. The molecule has 0 aromatic heterocycles. The van der Waals surface area contributed by atoms with Crippen LogP contribution in [0, 0.1) is 6.92 Å². The number of morpholine rings is 1. The molecule has 2 aliphatic heterocycles. The van der Waals surface area contributed by atoms with Gasteiger partial charge in [0.25, 0.3) is 0 Å². The third-order valence-corrected chi connectivity index (χ3v) is 5.68. The van der Waals surface area contributed by atoms with E-state index in [1.54, 1.807) is 0 Å². The molecule has 2 aromatic rings. The lowest BCUT2D eigenvalue weighted by atomic mass is 10.0. The van der Waals surface area contributed by atoms with Crippen molar-refractivity contribution in [2.45, 2.75) is 19.6 Å². The van der Waals surface area contributed by atoms with Crippen LogP contribution in [-0.2, 0) is 11.3 Å². The molecule has 1 N–H and O–H groups in total. The largest absolute Gasteiger partial charge is 0.370 e. The number of aliphatic imine (C=N–C) groups is 1. The summed E-state index contributed by atoms with van der Waals surface area (Å²) in [4.78, 5) is 9.17. The molecule has 0 aliphatic carbocycles. The fraction of sp³-hybridized carbons (Fsp3) is 0.375. The number of rotatable bonds is 4. The molecule has 0 amide bonds. The van der Waals surface area contributed by atoms with Gasteiger partial charge in [0.1, 0.15) is 6.10 Å².